The van der Waals surface area contributed by atoms with Gasteiger partial charge in [-0.1, -0.05) is 60.7 Å². The second-order valence-corrected chi connectivity index (χ2v) is 8.34. The molecule has 0 saturated carbocycles. The summed E-state index contributed by atoms with van der Waals surface area (Å²) >= 11 is 1.34. The van der Waals surface area contributed by atoms with Crippen molar-refractivity contribution in [3.8, 4) is 33.1 Å². The van der Waals surface area contributed by atoms with E-state index in [4.69, 9.17) is 14.7 Å². The molecular weight excluding hydrogens is 418 g/mol. The molecule has 5 rings (SSSR count). The highest BCUT2D eigenvalue weighted by Crippen LogP contribution is 2.36. The predicted octanol–water partition coefficient (Wildman–Crippen LogP) is 6.28. The topological polar surface area (TPSA) is 56.5 Å². The van der Waals surface area contributed by atoms with E-state index in [2.05, 4.69) is 28.8 Å². The smallest absolute Gasteiger partial charge is 0.350 e. The Morgan fingerprint density at radius 2 is 1.59 bits per heavy atom. The van der Waals surface area contributed by atoms with Crippen molar-refractivity contribution in [3.05, 3.63) is 89.6 Å². The van der Waals surface area contributed by atoms with Crippen LogP contribution in [0, 0.1) is 6.92 Å². The molecule has 0 aliphatic rings. The summed E-state index contributed by atoms with van der Waals surface area (Å²) in [5.74, 6) is -0.355. The molecule has 3 aromatic heterocycles. The van der Waals surface area contributed by atoms with Crippen molar-refractivity contribution < 1.29 is 9.53 Å². The third-order valence-corrected chi connectivity index (χ3v) is 6.28. The summed E-state index contributed by atoms with van der Waals surface area (Å²) in [6.07, 6.45) is 2.08. The Kier molecular flexibility index (Phi) is 5.29. The number of imidazole rings is 1. The Balaban J connectivity index is 1.70. The van der Waals surface area contributed by atoms with Gasteiger partial charge in [-0.3, -0.25) is 4.40 Å². The van der Waals surface area contributed by atoms with Crippen LogP contribution in [-0.2, 0) is 4.74 Å². The van der Waals surface area contributed by atoms with Gasteiger partial charge in [-0.25, -0.2) is 14.8 Å². The fourth-order valence-electron chi connectivity index (χ4n) is 3.77. The van der Waals surface area contributed by atoms with Gasteiger partial charge in [-0.05, 0) is 37.1 Å². The highest BCUT2D eigenvalue weighted by Gasteiger charge is 2.24. The molecule has 0 amide bonds. The zero-order valence-electron chi connectivity index (χ0n) is 17.8. The molecule has 5 nitrogen and oxygen atoms in total. The molecule has 0 fully saturated rings. The van der Waals surface area contributed by atoms with Gasteiger partial charge in [0.2, 0.25) is 0 Å². The standard InChI is InChI=1S/C26H21N3O2S/c1-3-31-26(30)24-22(19-12-8-5-9-13-19)28-25(32-24)23-17(2)27-21-15-14-20(16-29(21)23)18-10-6-4-7-11-18/h4-16H,3H2,1-2H3. The number of ether oxygens (including phenoxy) is 1. The van der Waals surface area contributed by atoms with Crippen LogP contribution in [0.2, 0.25) is 0 Å². The van der Waals surface area contributed by atoms with Crippen LogP contribution in [0.15, 0.2) is 79.0 Å². The number of hydrogen-bond acceptors (Lipinski definition) is 5. The number of nitrogens with zero attached hydrogens (tertiary/aromatic N) is 3. The van der Waals surface area contributed by atoms with E-state index < -0.39 is 0 Å². The number of carbonyl (C=O) groups excluding carboxylic acids is 1. The van der Waals surface area contributed by atoms with Crippen molar-refractivity contribution in [2.24, 2.45) is 0 Å². The summed E-state index contributed by atoms with van der Waals surface area (Å²) in [7, 11) is 0. The average molecular weight is 440 g/mol. The van der Waals surface area contributed by atoms with Crippen molar-refractivity contribution in [2.75, 3.05) is 6.61 Å². The van der Waals surface area contributed by atoms with Crippen LogP contribution in [0.25, 0.3) is 38.7 Å². The molecule has 0 radical (unpaired) electrons. The molecule has 0 aliphatic heterocycles. The van der Waals surface area contributed by atoms with Crippen LogP contribution in [0.3, 0.4) is 0 Å². The largest absolute Gasteiger partial charge is 0.462 e. The van der Waals surface area contributed by atoms with Gasteiger partial charge in [-0.15, -0.1) is 11.3 Å². The maximum absolute atomic E-state index is 12.7. The van der Waals surface area contributed by atoms with Crippen molar-refractivity contribution in [3.63, 3.8) is 0 Å². The lowest BCUT2D eigenvalue weighted by Gasteiger charge is -2.05. The molecule has 0 bridgehead atoms. The predicted molar refractivity (Wildman–Crippen MR) is 128 cm³/mol. The lowest BCUT2D eigenvalue weighted by atomic mass is 10.1. The first-order valence-electron chi connectivity index (χ1n) is 10.4. The summed E-state index contributed by atoms with van der Waals surface area (Å²) in [5, 5.41) is 0.738. The van der Waals surface area contributed by atoms with Gasteiger partial charge in [0.15, 0.2) is 0 Å². The Labute approximate surface area is 190 Å². The third-order valence-electron chi connectivity index (χ3n) is 5.24. The number of carbonyl (C=O) groups is 1. The molecule has 2 aromatic carbocycles. The average Bonchev–Trinajstić information content (AvgIpc) is 3.40. The number of hydrogen-bond donors (Lipinski definition) is 0. The summed E-state index contributed by atoms with van der Waals surface area (Å²) in [6, 6.07) is 24.0. The number of thiazole rings is 1. The Bertz CT molecular complexity index is 1410. The van der Waals surface area contributed by atoms with E-state index in [1.807, 2.05) is 68.4 Å². The van der Waals surface area contributed by atoms with Gasteiger partial charge in [0.05, 0.1) is 18.0 Å². The van der Waals surface area contributed by atoms with Crippen LogP contribution < -0.4 is 0 Å². The van der Waals surface area contributed by atoms with E-state index in [0.717, 1.165) is 38.7 Å². The molecule has 32 heavy (non-hydrogen) atoms. The van der Waals surface area contributed by atoms with E-state index in [1.54, 1.807) is 0 Å². The number of benzene rings is 2. The van der Waals surface area contributed by atoms with Gasteiger partial charge in [0.25, 0.3) is 0 Å². The molecule has 158 valence electrons. The van der Waals surface area contributed by atoms with Crippen molar-refractivity contribution in [1.82, 2.24) is 14.4 Å². The quantitative estimate of drug-likeness (QED) is 0.303. The normalized spacial score (nSPS) is 11.1. The Morgan fingerprint density at radius 1 is 0.906 bits per heavy atom. The Morgan fingerprint density at radius 3 is 2.28 bits per heavy atom. The molecule has 0 spiro atoms. The van der Waals surface area contributed by atoms with Gasteiger partial charge in [0.1, 0.15) is 21.2 Å². The maximum Gasteiger partial charge on any atom is 0.350 e. The highest BCUT2D eigenvalue weighted by atomic mass is 32.1. The fourth-order valence-corrected chi connectivity index (χ4v) is 4.84. The second kappa shape index (κ2) is 8.40. The summed E-state index contributed by atoms with van der Waals surface area (Å²) < 4.78 is 7.38. The SMILES string of the molecule is CCOC(=O)c1sc(-c2c(C)nc3ccc(-c4ccccc4)cn23)nc1-c1ccccc1. The molecule has 6 heteroatoms. The first-order valence-corrected chi connectivity index (χ1v) is 11.2. The van der Waals surface area contributed by atoms with Crippen LogP contribution >= 0.6 is 11.3 Å². The van der Waals surface area contributed by atoms with E-state index in [0.29, 0.717) is 17.2 Å². The second-order valence-electron chi connectivity index (χ2n) is 7.34. The summed E-state index contributed by atoms with van der Waals surface area (Å²) in [5.41, 5.74) is 6.32. The van der Waals surface area contributed by atoms with Gasteiger partial charge < -0.3 is 4.74 Å². The summed E-state index contributed by atoms with van der Waals surface area (Å²) in [4.78, 5) is 22.9. The minimum absolute atomic E-state index is 0.315. The van der Waals surface area contributed by atoms with Crippen LogP contribution in [0.5, 0.6) is 0 Å². The number of pyridine rings is 1. The lowest BCUT2D eigenvalue weighted by molar-refractivity contribution is 0.0532. The first-order chi connectivity index (χ1) is 15.7. The molecule has 3 heterocycles. The molecule has 0 aliphatic carbocycles. The van der Waals surface area contributed by atoms with Crippen molar-refractivity contribution >= 4 is 23.0 Å². The molecule has 5 aromatic rings. The van der Waals surface area contributed by atoms with E-state index >= 15 is 0 Å². The van der Waals surface area contributed by atoms with Crippen molar-refractivity contribution in [2.45, 2.75) is 13.8 Å². The Hall–Kier alpha value is -3.77. The molecule has 0 saturated heterocycles. The van der Waals surface area contributed by atoms with Crippen LogP contribution in [0.1, 0.15) is 22.3 Å². The maximum atomic E-state index is 12.7. The highest BCUT2D eigenvalue weighted by molar-refractivity contribution is 7.17. The van der Waals surface area contributed by atoms with Gasteiger partial charge in [0, 0.05) is 11.8 Å². The third kappa shape index (κ3) is 3.59. The minimum atomic E-state index is -0.355. The summed E-state index contributed by atoms with van der Waals surface area (Å²) in [6.45, 7) is 4.09. The molecule has 0 unspecified atom stereocenters. The van der Waals surface area contributed by atoms with Crippen LogP contribution in [-0.4, -0.2) is 26.9 Å². The monoisotopic (exact) mass is 439 g/mol. The number of fused-ring (bicyclic) bond motifs is 1. The zero-order chi connectivity index (χ0) is 22.1. The van der Waals surface area contributed by atoms with E-state index in [1.165, 1.54) is 11.3 Å². The fraction of sp³-hybridized carbons (Fsp3) is 0.115. The molecule has 0 N–H and O–H groups in total. The molecule has 0 atom stereocenters. The molecular formula is C26H21N3O2S. The van der Waals surface area contributed by atoms with Gasteiger partial charge >= 0.3 is 5.97 Å². The van der Waals surface area contributed by atoms with Gasteiger partial charge in [-0.2, -0.15) is 0 Å². The first kappa shape index (κ1) is 20.2. The minimum Gasteiger partial charge on any atom is -0.462 e. The van der Waals surface area contributed by atoms with Crippen molar-refractivity contribution in [1.29, 1.82) is 0 Å². The number of esters is 1. The number of rotatable bonds is 5. The zero-order valence-corrected chi connectivity index (χ0v) is 18.6. The number of aromatic nitrogens is 3. The van der Waals surface area contributed by atoms with E-state index in [-0.39, 0.29) is 5.97 Å². The lowest BCUT2D eigenvalue weighted by Crippen LogP contribution is -2.03. The van der Waals surface area contributed by atoms with Crippen LogP contribution in [0.4, 0.5) is 0 Å². The number of aryl methyl sites for hydroxylation is 1. The van der Waals surface area contributed by atoms with E-state index in [9.17, 15) is 4.79 Å².